The standard InChI is InChI=1S/C16H25NO3S/c1-14-6-8-15(9-7-14)13-21(18,19)17(2)11-10-16-5-3-4-12-20-16/h6-9,16H,3-5,10-13H2,1-2H3. The van der Waals surface area contributed by atoms with Gasteiger partial charge < -0.3 is 4.74 Å². The van der Waals surface area contributed by atoms with Gasteiger partial charge in [0.15, 0.2) is 0 Å². The lowest BCUT2D eigenvalue weighted by atomic mass is 10.1. The third kappa shape index (κ3) is 5.09. The van der Waals surface area contributed by atoms with Crippen LogP contribution in [0.15, 0.2) is 24.3 Å². The molecule has 0 N–H and O–H groups in total. The number of nitrogens with zero attached hydrogens (tertiary/aromatic N) is 1. The van der Waals surface area contributed by atoms with Gasteiger partial charge in [0, 0.05) is 20.2 Å². The minimum absolute atomic E-state index is 0.0648. The summed E-state index contributed by atoms with van der Waals surface area (Å²) in [7, 11) is -1.59. The highest BCUT2D eigenvalue weighted by Crippen LogP contribution is 2.17. The summed E-state index contributed by atoms with van der Waals surface area (Å²) in [5, 5.41) is 0. The fraction of sp³-hybridized carbons (Fsp3) is 0.625. The Balaban J connectivity index is 1.87. The molecule has 4 nitrogen and oxygen atoms in total. The number of hydrogen-bond donors (Lipinski definition) is 0. The number of rotatable bonds is 6. The number of ether oxygens (including phenoxy) is 1. The molecule has 1 aliphatic rings. The molecule has 1 heterocycles. The van der Waals surface area contributed by atoms with Crippen molar-refractivity contribution in [1.82, 2.24) is 4.31 Å². The Labute approximate surface area is 128 Å². The van der Waals surface area contributed by atoms with E-state index in [0.29, 0.717) is 6.54 Å². The number of sulfonamides is 1. The summed E-state index contributed by atoms with van der Waals surface area (Å²) in [5.74, 6) is 0.0648. The van der Waals surface area contributed by atoms with Gasteiger partial charge in [-0.1, -0.05) is 29.8 Å². The van der Waals surface area contributed by atoms with E-state index >= 15 is 0 Å². The predicted molar refractivity (Wildman–Crippen MR) is 84.6 cm³/mol. The van der Waals surface area contributed by atoms with Crippen LogP contribution in [0, 0.1) is 6.92 Å². The van der Waals surface area contributed by atoms with E-state index in [1.54, 1.807) is 7.05 Å². The molecule has 0 radical (unpaired) electrons. The van der Waals surface area contributed by atoms with Crippen LogP contribution in [-0.2, 0) is 20.5 Å². The van der Waals surface area contributed by atoms with Crippen molar-refractivity contribution in [3.8, 4) is 0 Å². The molecule has 1 aromatic carbocycles. The molecule has 0 bridgehead atoms. The van der Waals surface area contributed by atoms with Crippen molar-refractivity contribution in [3.05, 3.63) is 35.4 Å². The van der Waals surface area contributed by atoms with Gasteiger partial charge in [0.05, 0.1) is 11.9 Å². The van der Waals surface area contributed by atoms with Crippen LogP contribution in [0.2, 0.25) is 0 Å². The fourth-order valence-electron chi connectivity index (χ4n) is 2.51. The number of aryl methyl sites for hydroxylation is 1. The Morgan fingerprint density at radius 1 is 1.24 bits per heavy atom. The van der Waals surface area contributed by atoms with E-state index in [4.69, 9.17) is 4.74 Å². The third-order valence-electron chi connectivity index (χ3n) is 3.98. The molecule has 1 saturated heterocycles. The summed E-state index contributed by atoms with van der Waals surface area (Å²) in [6, 6.07) is 7.65. The highest BCUT2D eigenvalue weighted by molar-refractivity contribution is 7.88. The molecule has 0 amide bonds. The summed E-state index contributed by atoms with van der Waals surface area (Å²) < 4.78 is 31.8. The highest BCUT2D eigenvalue weighted by atomic mass is 32.2. The van der Waals surface area contributed by atoms with E-state index in [1.165, 1.54) is 10.7 Å². The quantitative estimate of drug-likeness (QED) is 0.811. The van der Waals surface area contributed by atoms with Gasteiger partial charge in [-0.05, 0) is 38.2 Å². The van der Waals surface area contributed by atoms with Crippen LogP contribution in [0.25, 0.3) is 0 Å². The molecule has 1 fully saturated rings. The first-order valence-electron chi connectivity index (χ1n) is 7.58. The van der Waals surface area contributed by atoms with Crippen LogP contribution in [0.4, 0.5) is 0 Å². The van der Waals surface area contributed by atoms with Crippen molar-refractivity contribution in [1.29, 1.82) is 0 Å². The summed E-state index contributed by atoms with van der Waals surface area (Å²) in [4.78, 5) is 0. The Bertz CT molecular complexity index is 533. The molecule has 1 unspecified atom stereocenters. The minimum Gasteiger partial charge on any atom is -0.378 e. The smallest absolute Gasteiger partial charge is 0.218 e. The first kappa shape index (κ1) is 16.5. The molecule has 118 valence electrons. The zero-order valence-corrected chi connectivity index (χ0v) is 13.7. The highest BCUT2D eigenvalue weighted by Gasteiger charge is 2.21. The zero-order chi connectivity index (χ0) is 15.3. The second-order valence-corrected chi connectivity index (χ2v) is 7.92. The first-order valence-corrected chi connectivity index (χ1v) is 9.19. The average molecular weight is 311 g/mol. The van der Waals surface area contributed by atoms with Crippen molar-refractivity contribution >= 4 is 10.0 Å². The lowest BCUT2D eigenvalue weighted by Gasteiger charge is -2.25. The predicted octanol–water partition coefficient (Wildman–Crippen LogP) is 2.72. The van der Waals surface area contributed by atoms with Crippen molar-refractivity contribution in [3.63, 3.8) is 0 Å². The van der Waals surface area contributed by atoms with E-state index < -0.39 is 10.0 Å². The van der Waals surface area contributed by atoms with Crippen molar-refractivity contribution in [2.75, 3.05) is 20.2 Å². The summed E-state index contributed by atoms with van der Waals surface area (Å²) in [6.45, 7) is 3.33. The van der Waals surface area contributed by atoms with Gasteiger partial charge in [0.2, 0.25) is 10.0 Å². The summed E-state index contributed by atoms with van der Waals surface area (Å²) in [6.07, 6.45) is 4.36. The minimum atomic E-state index is -3.25. The maximum absolute atomic E-state index is 12.3. The molecule has 2 rings (SSSR count). The SMILES string of the molecule is Cc1ccc(CS(=O)(=O)N(C)CCC2CCCCO2)cc1. The van der Waals surface area contributed by atoms with E-state index in [0.717, 1.165) is 37.0 Å². The molecule has 0 aliphatic carbocycles. The number of benzene rings is 1. The van der Waals surface area contributed by atoms with Crippen LogP contribution in [-0.4, -0.2) is 39.0 Å². The van der Waals surface area contributed by atoms with Gasteiger partial charge in [-0.2, -0.15) is 0 Å². The van der Waals surface area contributed by atoms with Crippen molar-refractivity contribution < 1.29 is 13.2 Å². The van der Waals surface area contributed by atoms with Gasteiger partial charge in [-0.25, -0.2) is 12.7 Å². The molecule has 1 aromatic rings. The Hall–Kier alpha value is -0.910. The van der Waals surface area contributed by atoms with Crippen LogP contribution in [0.1, 0.15) is 36.8 Å². The van der Waals surface area contributed by atoms with Crippen molar-refractivity contribution in [2.24, 2.45) is 0 Å². The van der Waals surface area contributed by atoms with Gasteiger partial charge >= 0.3 is 0 Å². The lowest BCUT2D eigenvalue weighted by Crippen LogP contribution is -2.32. The van der Waals surface area contributed by atoms with Gasteiger partial charge in [-0.3, -0.25) is 0 Å². The van der Waals surface area contributed by atoms with Crippen molar-refractivity contribution in [2.45, 2.75) is 44.5 Å². The molecular weight excluding hydrogens is 286 g/mol. The normalized spacial score (nSPS) is 19.9. The Kier molecular flexibility index (Phi) is 5.79. The second kappa shape index (κ2) is 7.38. The Morgan fingerprint density at radius 2 is 1.95 bits per heavy atom. The van der Waals surface area contributed by atoms with E-state index in [2.05, 4.69) is 0 Å². The van der Waals surface area contributed by atoms with E-state index in [-0.39, 0.29) is 11.9 Å². The average Bonchev–Trinajstić information content (AvgIpc) is 2.48. The van der Waals surface area contributed by atoms with Crippen LogP contribution in [0.3, 0.4) is 0 Å². The Morgan fingerprint density at radius 3 is 2.57 bits per heavy atom. The largest absolute Gasteiger partial charge is 0.378 e. The number of hydrogen-bond acceptors (Lipinski definition) is 3. The zero-order valence-electron chi connectivity index (χ0n) is 12.9. The molecule has 1 aliphatic heterocycles. The molecule has 1 atom stereocenters. The van der Waals surface area contributed by atoms with Gasteiger partial charge in [-0.15, -0.1) is 0 Å². The molecule has 0 spiro atoms. The van der Waals surface area contributed by atoms with Gasteiger partial charge in [0.25, 0.3) is 0 Å². The monoisotopic (exact) mass is 311 g/mol. The summed E-state index contributed by atoms with van der Waals surface area (Å²) in [5.41, 5.74) is 1.97. The van der Waals surface area contributed by atoms with Crippen LogP contribution >= 0.6 is 0 Å². The molecule has 0 aromatic heterocycles. The van der Waals surface area contributed by atoms with E-state index in [1.807, 2.05) is 31.2 Å². The second-order valence-electron chi connectivity index (χ2n) is 5.84. The van der Waals surface area contributed by atoms with Gasteiger partial charge in [0.1, 0.15) is 0 Å². The first-order chi connectivity index (χ1) is 9.97. The molecule has 21 heavy (non-hydrogen) atoms. The molecule has 5 heteroatoms. The fourth-order valence-corrected chi connectivity index (χ4v) is 3.72. The lowest BCUT2D eigenvalue weighted by molar-refractivity contribution is 0.00950. The van der Waals surface area contributed by atoms with Crippen LogP contribution < -0.4 is 0 Å². The molecular formula is C16H25NO3S. The third-order valence-corrected chi connectivity index (χ3v) is 5.81. The maximum Gasteiger partial charge on any atom is 0.218 e. The maximum atomic E-state index is 12.3. The summed E-state index contributed by atoms with van der Waals surface area (Å²) >= 11 is 0. The molecule has 0 saturated carbocycles. The van der Waals surface area contributed by atoms with Crippen LogP contribution in [0.5, 0.6) is 0 Å². The topological polar surface area (TPSA) is 46.6 Å². The van der Waals surface area contributed by atoms with E-state index in [9.17, 15) is 8.42 Å².